The highest BCUT2D eigenvalue weighted by Gasteiger charge is 2.12. The van der Waals surface area contributed by atoms with Gasteiger partial charge in [0, 0.05) is 31.5 Å². The molecule has 0 aliphatic carbocycles. The van der Waals surface area contributed by atoms with Gasteiger partial charge in [0.15, 0.2) is 0 Å². The molecule has 0 amide bonds. The van der Waals surface area contributed by atoms with Crippen molar-refractivity contribution >= 4 is 0 Å². The summed E-state index contributed by atoms with van der Waals surface area (Å²) in [6.45, 7) is 6.48. The molecule has 3 rings (SSSR count). The summed E-state index contributed by atoms with van der Waals surface area (Å²) in [6.07, 6.45) is 0. The molecule has 4 heteroatoms. The number of hydrogen-bond acceptors (Lipinski definition) is 3. The fourth-order valence-corrected chi connectivity index (χ4v) is 3.08. The Balaban J connectivity index is 1.68. The maximum absolute atomic E-state index is 5.20. The molecule has 0 spiro atoms. The van der Waals surface area contributed by atoms with E-state index >= 15 is 0 Å². The van der Waals surface area contributed by atoms with E-state index < -0.39 is 0 Å². The zero-order chi connectivity index (χ0) is 17.6. The Kier molecular flexibility index (Phi) is 5.64. The molecule has 0 fully saturated rings. The van der Waals surface area contributed by atoms with Crippen molar-refractivity contribution in [3.05, 3.63) is 82.7 Å². The van der Waals surface area contributed by atoms with E-state index in [2.05, 4.69) is 55.6 Å². The number of benzene rings is 2. The number of methoxy groups -OCH3 is 1. The van der Waals surface area contributed by atoms with Crippen molar-refractivity contribution in [3.63, 3.8) is 0 Å². The van der Waals surface area contributed by atoms with E-state index in [9.17, 15) is 0 Å². The molecular weight excluding hydrogens is 310 g/mol. The summed E-state index contributed by atoms with van der Waals surface area (Å²) in [6, 6.07) is 18.8. The normalized spacial score (nSPS) is 11.0. The van der Waals surface area contributed by atoms with Crippen LogP contribution in [-0.2, 0) is 24.4 Å². The molecule has 0 unspecified atom stereocenters. The van der Waals surface area contributed by atoms with Crippen molar-refractivity contribution in [2.75, 3.05) is 7.11 Å². The van der Waals surface area contributed by atoms with Gasteiger partial charge in [0.25, 0.3) is 0 Å². The molecule has 1 heterocycles. The zero-order valence-electron chi connectivity index (χ0n) is 15.1. The van der Waals surface area contributed by atoms with E-state index in [-0.39, 0.29) is 0 Å². The Morgan fingerprint density at radius 3 is 2.48 bits per heavy atom. The van der Waals surface area contributed by atoms with Crippen LogP contribution < -0.4 is 5.32 Å². The number of aryl methyl sites for hydroxylation is 1. The summed E-state index contributed by atoms with van der Waals surface area (Å²) in [5, 5.41) is 8.24. The van der Waals surface area contributed by atoms with Gasteiger partial charge in [-0.25, -0.2) is 4.68 Å². The van der Waals surface area contributed by atoms with E-state index in [1.54, 1.807) is 7.11 Å². The van der Waals surface area contributed by atoms with E-state index in [4.69, 9.17) is 9.84 Å². The van der Waals surface area contributed by atoms with E-state index in [1.165, 1.54) is 22.4 Å². The predicted molar refractivity (Wildman–Crippen MR) is 101 cm³/mol. The highest BCUT2D eigenvalue weighted by Crippen LogP contribution is 2.18. The average Bonchev–Trinajstić information content (AvgIpc) is 2.91. The van der Waals surface area contributed by atoms with Crippen molar-refractivity contribution < 1.29 is 4.74 Å². The lowest BCUT2D eigenvalue weighted by Crippen LogP contribution is -2.14. The first-order valence-corrected chi connectivity index (χ1v) is 8.57. The zero-order valence-corrected chi connectivity index (χ0v) is 15.1. The molecule has 0 aliphatic rings. The van der Waals surface area contributed by atoms with Crippen LogP contribution in [0.3, 0.4) is 0 Å². The number of rotatable bonds is 7. The van der Waals surface area contributed by atoms with Crippen LogP contribution in [0.5, 0.6) is 0 Å². The Morgan fingerprint density at radius 2 is 1.72 bits per heavy atom. The molecule has 3 aromatic rings. The molecule has 0 saturated carbocycles. The molecular formula is C21H25N3O. The molecule has 0 radical (unpaired) electrons. The third-order valence-corrected chi connectivity index (χ3v) is 4.38. The lowest BCUT2D eigenvalue weighted by Gasteiger charge is -2.08. The number of ether oxygens (including phenoxy) is 1. The van der Waals surface area contributed by atoms with Crippen molar-refractivity contribution in [1.29, 1.82) is 0 Å². The second-order valence-corrected chi connectivity index (χ2v) is 6.25. The molecule has 2 aromatic carbocycles. The largest absolute Gasteiger partial charge is 0.380 e. The van der Waals surface area contributed by atoms with E-state index in [0.717, 1.165) is 24.5 Å². The van der Waals surface area contributed by atoms with Gasteiger partial charge in [0.05, 0.1) is 18.0 Å². The van der Waals surface area contributed by atoms with Crippen LogP contribution in [0, 0.1) is 13.8 Å². The molecule has 0 aliphatic heterocycles. The lowest BCUT2D eigenvalue weighted by atomic mass is 10.1. The minimum atomic E-state index is 0.649. The van der Waals surface area contributed by atoms with Crippen LogP contribution in [0.1, 0.15) is 28.1 Å². The minimum absolute atomic E-state index is 0.649. The summed E-state index contributed by atoms with van der Waals surface area (Å²) in [7, 11) is 1.72. The number of nitrogens with one attached hydrogen (secondary N) is 1. The Morgan fingerprint density at radius 1 is 0.960 bits per heavy atom. The van der Waals surface area contributed by atoms with Gasteiger partial charge in [-0.1, -0.05) is 42.5 Å². The standard InChI is InChI=1S/C21H25N3O/c1-16-21(17(2)24(23-16)20-10-5-4-6-11-20)14-22-13-18-8-7-9-19(12-18)15-25-3/h4-12,22H,13-15H2,1-3H3. The quantitative estimate of drug-likeness (QED) is 0.711. The first-order valence-electron chi connectivity index (χ1n) is 8.57. The van der Waals surface area contributed by atoms with Crippen LogP contribution in [-0.4, -0.2) is 16.9 Å². The number of para-hydroxylation sites is 1. The molecule has 0 atom stereocenters. The highest BCUT2D eigenvalue weighted by molar-refractivity contribution is 5.37. The van der Waals surface area contributed by atoms with Gasteiger partial charge in [-0.05, 0) is 37.1 Å². The van der Waals surface area contributed by atoms with E-state index in [0.29, 0.717) is 6.61 Å². The van der Waals surface area contributed by atoms with E-state index in [1.807, 2.05) is 22.9 Å². The smallest absolute Gasteiger partial charge is 0.0713 e. The molecule has 25 heavy (non-hydrogen) atoms. The van der Waals surface area contributed by atoms with Gasteiger partial charge in [0.1, 0.15) is 0 Å². The van der Waals surface area contributed by atoms with Crippen molar-refractivity contribution in [2.24, 2.45) is 0 Å². The van der Waals surface area contributed by atoms with Gasteiger partial charge in [-0.2, -0.15) is 5.10 Å². The Labute approximate surface area is 149 Å². The first-order chi connectivity index (χ1) is 12.2. The van der Waals surface area contributed by atoms with Gasteiger partial charge >= 0.3 is 0 Å². The SMILES string of the molecule is COCc1cccc(CNCc2c(C)nn(-c3ccccc3)c2C)c1. The summed E-state index contributed by atoms with van der Waals surface area (Å²) < 4.78 is 7.22. The van der Waals surface area contributed by atoms with Gasteiger partial charge in [-0.3, -0.25) is 0 Å². The molecule has 1 aromatic heterocycles. The van der Waals surface area contributed by atoms with Crippen LogP contribution in [0.25, 0.3) is 5.69 Å². The Hall–Kier alpha value is -2.43. The second kappa shape index (κ2) is 8.10. The lowest BCUT2D eigenvalue weighted by molar-refractivity contribution is 0.185. The third-order valence-electron chi connectivity index (χ3n) is 4.38. The number of aromatic nitrogens is 2. The van der Waals surface area contributed by atoms with Crippen LogP contribution in [0.2, 0.25) is 0 Å². The summed E-state index contributed by atoms with van der Waals surface area (Å²) in [4.78, 5) is 0. The average molecular weight is 335 g/mol. The third kappa shape index (κ3) is 4.16. The number of hydrogen-bond donors (Lipinski definition) is 1. The molecule has 0 saturated heterocycles. The topological polar surface area (TPSA) is 39.1 Å². The maximum atomic E-state index is 5.20. The summed E-state index contributed by atoms with van der Waals surface area (Å²) in [5.41, 5.74) is 7.08. The second-order valence-electron chi connectivity index (χ2n) is 6.25. The maximum Gasteiger partial charge on any atom is 0.0713 e. The molecule has 130 valence electrons. The fourth-order valence-electron chi connectivity index (χ4n) is 3.08. The summed E-state index contributed by atoms with van der Waals surface area (Å²) in [5.74, 6) is 0. The molecule has 1 N–H and O–H groups in total. The van der Waals surface area contributed by atoms with Crippen molar-refractivity contribution in [3.8, 4) is 5.69 Å². The fraction of sp³-hybridized carbons (Fsp3) is 0.286. The minimum Gasteiger partial charge on any atom is -0.380 e. The molecule has 4 nitrogen and oxygen atoms in total. The van der Waals surface area contributed by atoms with Crippen molar-refractivity contribution in [2.45, 2.75) is 33.5 Å². The van der Waals surface area contributed by atoms with Crippen LogP contribution >= 0.6 is 0 Å². The summed E-state index contributed by atoms with van der Waals surface area (Å²) >= 11 is 0. The van der Waals surface area contributed by atoms with Crippen LogP contribution in [0.15, 0.2) is 54.6 Å². The predicted octanol–water partition coefficient (Wildman–Crippen LogP) is 3.93. The van der Waals surface area contributed by atoms with Crippen molar-refractivity contribution in [1.82, 2.24) is 15.1 Å². The molecule has 0 bridgehead atoms. The number of nitrogens with zero attached hydrogens (tertiary/aromatic N) is 2. The highest BCUT2D eigenvalue weighted by atomic mass is 16.5. The monoisotopic (exact) mass is 335 g/mol. The van der Waals surface area contributed by atoms with Gasteiger partial charge in [-0.15, -0.1) is 0 Å². The van der Waals surface area contributed by atoms with Gasteiger partial charge in [0.2, 0.25) is 0 Å². The van der Waals surface area contributed by atoms with Gasteiger partial charge < -0.3 is 10.1 Å². The van der Waals surface area contributed by atoms with Crippen LogP contribution in [0.4, 0.5) is 0 Å². The first kappa shape index (κ1) is 17.4. The Bertz CT molecular complexity index is 824.